The molecule has 182 valence electrons. The Labute approximate surface area is 202 Å². The van der Waals surface area contributed by atoms with Crippen molar-refractivity contribution >= 4 is 35.1 Å². The van der Waals surface area contributed by atoms with E-state index in [0.717, 1.165) is 32.1 Å². The van der Waals surface area contributed by atoms with Gasteiger partial charge in [-0.1, -0.05) is 57.2 Å². The van der Waals surface area contributed by atoms with E-state index in [1.165, 1.54) is 6.42 Å². The Hall–Kier alpha value is -2.28. The fourth-order valence-electron chi connectivity index (χ4n) is 4.82. The van der Waals surface area contributed by atoms with E-state index in [9.17, 15) is 14.4 Å². The van der Waals surface area contributed by atoms with Crippen LogP contribution < -0.4 is 10.6 Å². The van der Waals surface area contributed by atoms with Crippen LogP contribution in [-0.4, -0.2) is 59.4 Å². The minimum atomic E-state index is -0.637. The molecule has 8 heteroatoms. The van der Waals surface area contributed by atoms with E-state index in [2.05, 4.69) is 10.6 Å². The van der Waals surface area contributed by atoms with Crippen LogP contribution >= 0.6 is 11.6 Å². The molecular formula is C25H37ClN4O3. The monoisotopic (exact) mass is 476 g/mol. The number of piperazine rings is 1. The molecule has 1 saturated carbocycles. The van der Waals surface area contributed by atoms with Crippen LogP contribution in [0.25, 0.3) is 0 Å². The lowest BCUT2D eigenvalue weighted by Gasteiger charge is -2.43. The SMILES string of the molecule is CCC(C)C(NC(=O)Nc1cccc(Cl)c1)C(=O)N1CCN(C(=O)C2CCCCC2)C(C)C1. The van der Waals surface area contributed by atoms with Crippen molar-refractivity contribution in [1.29, 1.82) is 0 Å². The van der Waals surface area contributed by atoms with Crippen LogP contribution in [0.2, 0.25) is 5.02 Å². The number of hydrogen-bond acceptors (Lipinski definition) is 3. The number of hydrogen-bond donors (Lipinski definition) is 2. The molecule has 0 spiro atoms. The first-order chi connectivity index (χ1) is 15.8. The third-order valence-electron chi connectivity index (χ3n) is 7.02. The number of amides is 4. The molecular weight excluding hydrogens is 440 g/mol. The van der Waals surface area contributed by atoms with E-state index in [1.54, 1.807) is 29.2 Å². The predicted molar refractivity (Wildman–Crippen MR) is 131 cm³/mol. The maximum absolute atomic E-state index is 13.4. The van der Waals surface area contributed by atoms with Crippen LogP contribution in [0.4, 0.5) is 10.5 Å². The molecule has 0 aromatic heterocycles. The molecule has 0 radical (unpaired) electrons. The lowest BCUT2D eigenvalue weighted by molar-refractivity contribution is -0.147. The molecule has 2 aliphatic rings. The molecule has 1 heterocycles. The number of halogens is 1. The second-order valence-corrected chi connectivity index (χ2v) is 9.91. The van der Waals surface area contributed by atoms with E-state index >= 15 is 0 Å². The number of carbonyl (C=O) groups is 3. The van der Waals surface area contributed by atoms with E-state index < -0.39 is 12.1 Å². The number of benzene rings is 1. The highest BCUT2D eigenvalue weighted by Gasteiger charge is 2.37. The summed E-state index contributed by atoms with van der Waals surface area (Å²) in [5, 5.41) is 6.15. The summed E-state index contributed by atoms with van der Waals surface area (Å²) in [7, 11) is 0. The fraction of sp³-hybridized carbons (Fsp3) is 0.640. The van der Waals surface area contributed by atoms with Crippen LogP contribution in [0.5, 0.6) is 0 Å². The van der Waals surface area contributed by atoms with E-state index in [1.807, 2.05) is 25.7 Å². The number of rotatable bonds is 6. The van der Waals surface area contributed by atoms with Crippen molar-refractivity contribution in [2.45, 2.75) is 71.4 Å². The molecule has 1 aliphatic heterocycles. The number of carbonyl (C=O) groups excluding carboxylic acids is 3. The Morgan fingerprint density at radius 2 is 1.88 bits per heavy atom. The Bertz CT molecular complexity index is 843. The molecule has 1 aliphatic carbocycles. The molecule has 2 fully saturated rings. The van der Waals surface area contributed by atoms with Gasteiger partial charge in [-0.2, -0.15) is 0 Å². The van der Waals surface area contributed by atoms with Crippen molar-refractivity contribution in [3.8, 4) is 0 Å². The van der Waals surface area contributed by atoms with Crippen LogP contribution in [0, 0.1) is 11.8 Å². The number of nitrogens with one attached hydrogen (secondary N) is 2. The molecule has 2 N–H and O–H groups in total. The van der Waals surface area contributed by atoms with Crippen molar-refractivity contribution in [2.75, 3.05) is 25.0 Å². The standard InChI is InChI=1S/C25H37ClN4O3/c1-4-17(2)22(28-25(33)27-21-12-8-11-20(26)15-21)24(32)29-13-14-30(18(3)16-29)23(31)19-9-6-5-7-10-19/h8,11-12,15,17-19,22H,4-7,9-10,13-14,16H2,1-3H3,(H2,27,28,33). The number of urea groups is 1. The Morgan fingerprint density at radius 3 is 2.52 bits per heavy atom. The van der Waals surface area contributed by atoms with Crippen molar-refractivity contribution in [2.24, 2.45) is 11.8 Å². The summed E-state index contributed by atoms with van der Waals surface area (Å²) in [5.41, 5.74) is 0.568. The predicted octanol–water partition coefficient (Wildman–Crippen LogP) is 4.52. The zero-order valence-corrected chi connectivity index (χ0v) is 20.7. The molecule has 3 atom stereocenters. The molecule has 33 heavy (non-hydrogen) atoms. The molecule has 1 aromatic carbocycles. The van der Waals surface area contributed by atoms with Crippen molar-refractivity contribution in [3.05, 3.63) is 29.3 Å². The molecule has 7 nitrogen and oxygen atoms in total. The first kappa shape index (κ1) is 25.3. The second kappa shape index (κ2) is 11.7. The van der Waals surface area contributed by atoms with Gasteiger partial charge >= 0.3 is 6.03 Å². The smallest absolute Gasteiger partial charge is 0.319 e. The second-order valence-electron chi connectivity index (χ2n) is 9.47. The Balaban J connectivity index is 1.61. The molecule has 3 rings (SSSR count). The van der Waals surface area contributed by atoms with Gasteiger partial charge in [-0.25, -0.2) is 4.79 Å². The number of anilines is 1. The first-order valence-corrected chi connectivity index (χ1v) is 12.6. The van der Waals surface area contributed by atoms with Gasteiger partial charge in [0.2, 0.25) is 11.8 Å². The summed E-state index contributed by atoms with van der Waals surface area (Å²) >= 11 is 6.00. The summed E-state index contributed by atoms with van der Waals surface area (Å²) < 4.78 is 0. The molecule has 0 bridgehead atoms. The van der Waals surface area contributed by atoms with Gasteiger partial charge in [0.1, 0.15) is 6.04 Å². The van der Waals surface area contributed by atoms with E-state index in [0.29, 0.717) is 30.3 Å². The van der Waals surface area contributed by atoms with Crippen LogP contribution in [-0.2, 0) is 9.59 Å². The molecule has 4 amide bonds. The zero-order valence-electron chi connectivity index (χ0n) is 20.0. The minimum Gasteiger partial charge on any atom is -0.337 e. The summed E-state index contributed by atoms with van der Waals surface area (Å²) in [6.45, 7) is 7.51. The van der Waals surface area contributed by atoms with Gasteiger partial charge in [0.15, 0.2) is 0 Å². The van der Waals surface area contributed by atoms with Gasteiger partial charge in [0, 0.05) is 42.3 Å². The van der Waals surface area contributed by atoms with Crippen molar-refractivity contribution in [3.63, 3.8) is 0 Å². The largest absolute Gasteiger partial charge is 0.337 e. The van der Waals surface area contributed by atoms with Gasteiger partial charge < -0.3 is 20.4 Å². The lowest BCUT2D eigenvalue weighted by Crippen LogP contribution is -2.61. The first-order valence-electron chi connectivity index (χ1n) is 12.2. The highest BCUT2D eigenvalue weighted by molar-refractivity contribution is 6.30. The minimum absolute atomic E-state index is 0.0279. The summed E-state index contributed by atoms with van der Waals surface area (Å²) in [5.74, 6) is 0.252. The van der Waals surface area contributed by atoms with Gasteiger partial charge in [-0.15, -0.1) is 0 Å². The van der Waals surface area contributed by atoms with Crippen molar-refractivity contribution < 1.29 is 14.4 Å². The van der Waals surface area contributed by atoms with Gasteiger partial charge in [0.05, 0.1) is 0 Å². The topological polar surface area (TPSA) is 81.8 Å². The van der Waals surface area contributed by atoms with E-state index in [-0.39, 0.29) is 29.7 Å². The lowest BCUT2D eigenvalue weighted by atomic mass is 9.87. The Morgan fingerprint density at radius 1 is 1.15 bits per heavy atom. The summed E-state index contributed by atoms with van der Waals surface area (Å²) in [6, 6.07) is 5.79. The number of nitrogens with zero attached hydrogens (tertiary/aromatic N) is 2. The third kappa shape index (κ3) is 6.62. The summed E-state index contributed by atoms with van der Waals surface area (Å²) in [4.78, 5) is 42.8. The van der Waals surface area contributed by atoms with Gasteiger partial charge in [-0.3, -0.25) is 9.59 Å². The highest BCUT2D eigenvalue weighted by atomic mass is 35.5. The molecule has 1 aromatic rings. The van der Waals surface area contributed by atoms with Crippen molar-refractivity contribution in [1.82, 2.24) is 15.1 Å². The maximum atomic E-state index is 13.4. The quantitative estimate of drug-likeness (QED) is 0.633. The van der Waals surface area contributed by atoms with Crippen LogP contribution in [0.1, 0.15) is 59.3 Å². The van der Waals surface area contributed by atoms with Crippen LogP contribution in [0.3, 0.4) is 0 Å². The average molecular weight is 477 g/mol. The van der Waals surface area contributed by atoms with Gasteiger partial charge in [0.25, 0.3) is 0 Å². The average Bonchev–Trinajstić information content (AvgIpc) is 2.81. The molecule has 3 unspecified atom stereocenters. The van der Waals surface area contributed by atoms with Gasteiger partial charge in [-0.05, 0) is 43.9 Å². The van der Waals surface area contributed by atoms with E-state index in [4.69, 9.17) is 11.6 Å². The third-order valence-corrected chi connectivity index (χ3v) is 7.26. The maximum Gasteiger partial charge on any atom is 0.319 e. The molecule has 1 saturated heterocycles. The zero-order chi connectivity index (χ0) is 24.0. The normalized spacial score (nSPS) is 21.3. The fourth-order valence-corrected chi connectivity index (χ4v) is 5.01. The Kier molecular flexibility index (Phi) is 9.01. The summed E-state index contributed by atoms with van der Waals surface area (Å²) in [6.07, 6.45) is 6.18. The van der Waals surface area contributed by atoms with Crippen LogP contribution in [0.15, 0.2) is 24.3 Å². The highest BCUT2D eigenvalue weighted by Crippen LogP contribution is 2.27.